The van der Waals surface area contributed by atoms with Gasteiger partial charge in [-0.25, -0.2) is 0 Å². The van der Waals surface area contributed by atoms with Gasteiger partial charge < -0.3 is 9.64 Å². The maximum Gasteiger partial charge on any atom is 0.246 e. The molecular weight excluding hydrogens is 230 g/mol. The maximum atomic E-state index is 12.0. The van der Waals surface area contributed by atoms with E-state index in [0.717, 1.165) is 5.56 Å². The standard InChI is InChI=1S/C13H19N3O2/c1-10-7-16(8-11(2)18-10)13(17)5-4-12-6-14-15(3)9-12/h4-6,9-11H,7-8H2,1-3H3/b5-4+. The van der Waals surface area contributed by atoms with E-state index in [9.17, 15) is 4.79 Å². The predicted molar refractivity (Wildman–Crippen MR) is 68.8 cm³/mol. The normalized spacial score (nSPS) is 24.7. The van der Waals surface area contributed by atoms with E-state index in [-0.39, 0.29) is 18.1 Å². The molecule has 0 radical (unpaired) electrons. The largest absolute Gasteiger partial charge is 0.372 e. The lowest BCUT2D eigenvalue weighted by Crippen LogP contribution is -2.47. The Bertz CT molecular complexity index is 443. The number of carbonyl (C=O) groups excluding carboxylic acids is 1. The molecular formula is C13H19N3O2. The van der Waals surface area contributed by atoms with Gasteiger partial charge >= 0.3 is 0 Å². The first-order valence-electron chi connectivity index (χ1n) is 6.15. The Morgan fingerprint density at radius 3 is 2.67 bits per heavy atom. The first kappa shape index (κ1) is 12.8. The topological polar surface area (TPSA) is 47.4 Å². The van der Waals surface area contributed by atoms with Gasteiger partial charge in [-0.3, -0.25) is 9.48 Å². The van der Waals surface area contributed by atoms with Crippen molar-refractivity contribution in [2.75, 3.05) is 13.1 Å². The number of hydrogen-bond donors (Lipinski definition) is 0. The van der Waals surface area contributed by atoms with Crippen molar-refractivity contribution >= 4 is 12.0 Å². The van der Waals surface area contributed by atoms with Crippen molar-refractivity contribution in [1.29, 1.82) is 0 Å². The molecule has 2 unspecified atom stereocenters. The van der Waals surface area contributed by atoms with Crippen LogP contribution < -0.4 is 0 Å². The third-order valence-corrected chi connectivity index (χ3v) is 2.87. The molecule has 1 aliphatic heterocycles. The molecule has 5 nitrogen and oxygen atoms in total. The minimum atomic E-state index is 0.0286. The second-order valence-corrected chi connectivity index (χ2v) is 4.78. The van der Waals surface area contributed by atoms with Crippen LogP contribution in [0.1, 0.15) is 19.4 Å². The summed E-state index contributed by atoms with van der Waals surface area (Å²) in [4.78, 5) is 13.9. The third-order valence-electron chi connectivity index (χ3n) is 2.87. The number of hydrogen-bond acceptors (Lipinski definition) is 3. The zero-order valence-electron chi connectivity index (χ0n) is 11.0. The molecule has 1 amide bonds. The summed E-state index contributed by atoms with van der Waals surface area (Å²) in [5.41, 5.74) is 0.931. The second-order valence-electron chi connectivity index (χ2n) is 4.78. The minimum Gasteiger partial charge on any atom is -0.372 e. The molecule has 18 heavy (non-hydrogen) atoms. The fourth-order valence-electron chi connectivity index (χ4n) is 2.16. The summed E-state index contributed by atoms with van der Waals surface area (Å²) in [5, 5.41) is 4.05. The SMILES string of the molecule is CC1CN(C(=O)/C=C/c2cnn(C)c2)CC(C)O1. The van der Waals surface area contributed by atoms with E-state index < -0.39 is 0 Å². The van der Waals surface area contributed by atoms with Crippen LogP contribution in [0.4, 0.5) is 0 Å². The Hall–Kier alpha value is -1.62. The number of aryl methyl sites for hydroxylation is 1. The Labute approximate surface area is 107 Å². The van der Waals surface area contributed by atoms with Gasteiger partial charge in [-0.05, 0) is 19.9 Å². The summed E-state index contributed by atoms with van der Waals surface area (Å²) in [5.74, 6) is 0.0286. The molecule has 0 spiro atoms. The molecule has 98 valence electrons. The van der Waals surface area contributed by atoms with E-state index in [1.807, 2.05) is 32.0 Å². The van der Waals surface area contributed by atoms with E-state index in [0.29, 0.717) is 13.1 Å². The molecule has 1 aliphatic rings. The van der Waals surface area contributed by atoms with Gasteiger partial charge in [0.05, 0.1) is 18.4 Å². The van der Waals surface area contributed by atoms with Crippen LogP contribution in [0.15, 0.2) is 18.5 Å². The lowest BCUT2D eigenvalue weighted by molar-refractivity contribution is -0.137. The zero-order chi connectivity index (χ0) is 13.1. The minimum absolute atomic E-state index is 0.0286. The summed E-state index contributed by atoms with van der Waals surface area (Å²) in [6.07, 6.45) is 7.19. The van der Waals surface area contributed by atoms with Crippen molar-refractivity contribution in [3.05, 3.63) is 24.0 Å². The van der Waals surface area contributed by atoms with E-state index in [4.69, 9.17) is 4.74 Å². The quantitative estimate of drug-likeness (QED) is 0.737. The van der Waals surface area contributed by atoms with Crippen LogP contribution in [-0.2, 0) is 16.6 Å². The maximum absolute atomic E-state index is 12.0. The Kier molecular flexibility index (Phi) is 3.81. The van der Waals surface area contributed by atoms with Gasteiger partial charge in [-0.15, -0.1) is 0 Å². The monoisotopic (exact) mass is 249 g/mol. The summed E-state index contributed by atoms with van der Waals surface area (Å²) in [6, 6.07) is 0. The molecule has 1 fully saturated rings. The highest BCUT2D eigenvalue weighted by Crippen LogP contribution is 2.11. The molecule has 0 saturated carbocycles. The van der Waals surface area contributed by atoms with E-state index in [1.54, 1.807) is 23.0 Å². The van der Waals surface area contributed by atoms with Crippen LogP contribution in [0.5, 0.6) is 0 Å². The smallest absolute Gasteiger partial charge is 0.246 e. The van der Waals surface area contributed by atoms with E-state index >= 15 is 0 Å². The zero-order valence-corrected chi connectivity index (χ0v) is 11.0. The molecule has 2 rings (SSSR count). The lowest BCUT2D eigenvalue weighted by Gasteiger charge is -2.34. The number of rotatable bonds is 2. The molecule has 1 aromatic rings. The van der Waals surface area contributed by atoms with E-state index in [1.165, 1.54) is 0 Å². The first-order chi connectivity index (χ1) is 8.54. The first-order valence-corrected chi connectivity index (χ1v) is 6.15. The van der Waals surface area contributed by atoms with E-state index in [2.05, 4.69) is 5.10 Å². The van der Waals surface area contributed by atoms with Gasteiger partial charge in [0, 0.05) is 38.0 Å². The number of ether oxygens (including phenoxy) is 1. The van der Waals surface area contributed by atoms with Crippen molar-refractivity contribution in [3.8, 4) is 0 Å². The van der Waals surface area contributed by atoms with Gasteiger partial charge in [-0.1, -0.05) is 0 Å². The fourth-order valence-corrected chi connectivity index (χ4v) is 2.16. The van der Waals surface area contributed by atoms with Crippen molar-refractivity contribution in [3.63, 3.8) is 0 Å². The fraction of sp³-hybridized carbons (Fsp3) is 0.538. The summed E-state index contributed by atoms with van der Waals surface area (Å²) < 4.78 is 7.31. The lowest BCUT2D eigenvalue weighted by atomic mass is 10.2. The number of carbonyl (C=O) groups is 1. The Morgan fingerprint density at radius 2 is 2.11 bits per heavy atom. The summed E-state index contributed by atoms with van der Waals surface area (Å²) >= 11 is 0. The van der Waals surface area contributed by atoms with Crippen LogP contribution in [0.2, 0.25) is 0 Å². The average Bonchev–Trinajstić information content (AvgIpc) is 2.70. The van der Waals surface area contributed by atoms with Crippen molar-refractivity contribution in [1.82, 2.24) is 14.7 Å². The van der Waals surface area contributed by atoms with Crippen LogP contribution >= 0.6 is 0 Å². The number of morpholine rings is 1. The van der Waals surface area contributed by atoms with Crippen LogP contribution in [-0.4, -0.2) is 45.9 Å². The molecule has 0 N–H and O–H groups in total. The summed E-state index contributed by atoms with van der Waals surface area (Å²) in [7, 11) is 1.85. The average molecular weight is 249 g/mol. The van der Waals surface area contributed by atoms with Gasteiger partial charge in [0.25, 0.3) is 0 Å². The van der Waals surface area contributed by atoms with Gasteiger partial charge in [0.15, 0.2) is 0 Å². The molecule has 0 bridgehead atoms. The molecule has 1 aromatic heterocycles. The van der Waals surface area contributed by atoms with Gasteiger partial charge in [-0.2, -0.15) is 5.10 Å². The number of aromatic nitrogens is 2. The number of amides is 1. The third kappa shape index (κ3) is 3.20. The molecule has 2 heterocycles. The number of nitrogens with zero attached hydrogens (tertiary/aromatic N) is 3. The highest BCUT2D eigenvalue weighted by Gasteiger charge is 2.24. The second kappa shape index (κ2) is 5.35. The van der Waals surface area contributed by atoms with Crippen LogP contribution in [0, 0.1) is 0 Å². The van der Waals surface area contributed by atoms with Crippen LogP contribution in [0.3, 0.4) is 0 Å². The van der Waals surface area contributed by atoms with Gasteiger partial charge in [0.1, 0.15) is 0 Å². The van der Waals surface area contributed by atoms with Crippen molar-refractivity contribution in [2.24, 2.45) is 7.05 Å². The van der Waals surface area contributed by atoms with Gasteiger partial charge in [0.2, 0.25) is 5.91 Å². The molecule has 2 atom stereocenters. The molecule has 5 heteroatoms. The summed E-state index contributed by atoms with van der Waals surface area (Å²) in [6.45, 7) is 5.28. The predicted octanol–water partition coefficient (Wildman–Crippen LogP) is 1.07. The molecule has 0 aromatic carbocycles. The Morgan fingerprint density at radius 1 is 1.44 bits per heavy atom. The highest BCUT2D eigenvalue weighted by atomic mass is 16.5. The highest BCUT2D eigenvalue weighted by molar-refractivity contribution is 5.91. The molecule has 1 saturated heterocycles. The Balaban J connectivity index is 1.97. The van der Waals surface area contributed by atoms with Crippen molar-refractivity contribution in [2.45, 2.75) is 26.1 Å². The van der Waals surface area contributed by atoms with Crippen molar-refractivity contribution < 1.29 is 9.53 Å². The van der Waals surface area contributed by atoms with Crippen LogP contribution in [0.25, 0.3) is 6.08 Å². The molecule has 0 aliphatic carbocycles.